The van der Waals surface area contributed by atoms with Crippen LogP contribution < -0.4 is 5.73 Å². The molecule has 0 aliphatic heterocycles. The van der Waals surface area contributed by atoms with Crippen LogP contribution in [0.15, 0.2) is 24.3 Å². The summed E-state index contributed by atoms with van der Waals surface area (Å²) in [5, 5.41) is 0. The molecule has 0 aliphatic carbocycles. The van der Waals surface area contributed by atoms with Crippen LogP contribution >= 0.6 is 0 Å². The van der Waals surface area contributed by atoms with Crippen molar-refractivity contribution in [1.29, 1.82) is 0 Å². The molecule has 46 valence electrons. The van der Waals surface area contributed by atoms with Crippen LogP contribution in [-0.2, 0) is 0 Å². The minimum atomic E-state index is 0.661. The van der Waals surface area contributed by atoms with Crippen molar-refractivity contribution in [3.63, 3.8) is 0 Å². The number of nitrogens with two attached hydrogens (primary N) is 1. The summed E-state index contributed by atoms with van der Waals surface area (Å²) < 4.78 is 0. The average Bonchev–Trinajstić information content (AvgIpc) is 1.83. The lowest BCUT2D eigenvalue weighted by atomic mass is 10.2. The van der Waals surface area contributed by atoms with E-state index in [4.69, 9.17) is 5.73 Å². The molecule has 8 heavy (non-hydrogen) atoms. The van der Waals surface area contributed by atoms with Gasteiger partial charge in [0.05, 0.1) is 0 Å². The molecule has 0 saturated heterocycles. The first-order chi connectivity index (χ1) is 3.81. The van der Waals surface area contributed by atoms with Gasteiger partial charge in [-0.3, -0.25) is 0 Å². The molecule has 0 heterocycles. The van der Waals surface area contributed by atoms with E-state index in [0.717, 1.165) is 6.42 Å². The van der Waals surface area contributed by atoms with E-state index >= 15 is 0 Å². The molecule has 1 heteroatoms. The second-order valence-corrected chi connectivity index (χ2v) is 1.78. The maximum absolute atomic E-state index is 5.31. The molecule has 0 bridgehead atoms. The molecule has 0 fully saturated rings. The smallest absolute Gasteiger partial charge is 0.0134 e. The molecule has 0 amide bonds. The summed E-state index contributed by atoms with van der Waals surface area (Å²) in [6.07, 6.45) is 4.87. The number of hydrogen-bond acceptors (Lipinski definition) is 1. The highest BCUT2D eigenvalue weighted by Crippen LogP contribution is 1.91. The van der Waals surface area contributed by atoms with Crippen molar-refractivity contribution in [2.75, 3.05) is 6.54 Å². The molecule has 0 aromatic rings. The molecule has 0 radical (unpaired) electrons. The van der Waals surface area contributed by atoms with Crippen LogP contribution in [0.3, 0.4) is 0 Å². The summed E-state index contributed by atoms with van der Waals surface area (Å²) in [6, 6.07) is 0. The van der Waals surface area contributed by atoms with E-state index in [9.17, 15) is 0 Å². The van der Waals surface area contributed by atoms with E-state index in [2.05, 4.69) is 12.7 Å². The van der Waals surface area contributed by atoms with E-state index in [1.165, 1.54) is 5.57 Å². The van der Waals surface area contributed by atoms with Crippen molar-refractivity contribution in [2.45, 2.75) is 13.3 Å². The predicted octanol–water partition coefficient (Wildman–Crippen LogP) is 1.47. The molecule has 1 nitrogen and oxygen atoms in total. The summed E-state index contributed by atoms with van der Waals surface area (Å²) in [5.74, 6) is 0. The van der Waals surface area contributed by atoms with Gasteiger partial charge >= 0.3 is 0 Å². The minimum absolute atomic E-state index is 0.661. The van der Waals surface area contributed by atoms with Crippen LogP contribution in [0.25, 0.3) is 0 Å². The van der Waals surface area contributed by atoms with Gasteiger partial charge in [-0.15, -0.1) is 6.58 Å². The number of allylic oxidation sites excluding steroid dienone is 2. The van der Waals surface area contributed by atoms with E-state index in [1.54, 1.807) is 0 Å². The molecule has 0 rings (SSSR count). The predicted molar refractivity (Wildman–Crippen MR) is 37.6 cm³/mol. The van der Waals surface area contributed by atoms with Crippen molar-refractivity contribution in [3.05, 3.63) is 24.3 Å². The lowest BCUT2D eigenvalue weighted by Gasteiger charge is -1.89. The van der Waals surface area contributed by atoms with Crippen LogP contribution in [0.4, 0.5) is 0 Å². The fourth-order valence-corrected chi connectivity index (χ4v) is 0.368. The van der Waals surface area contributed by atoms with Crippen LogP contribution in [0, 0.1) is 0 Å². The molecule has 0 unspecified atom stereocenters. The normalized spacial score (nSPS) is 11.5. The van der Waals surface area contributed by atoms with Crippen LogP contribution in [0.1, 0.15) is 13.3 Å². The highest BCUT2D eigenvalue weighted by molar-refractivity contribution is 5.01. The summed E-state index contributed by atoms with van der Waals surface area (Å²) in [6.45, 7) is 6.26. The first kappa shape index (κ1) is 7.44. The van der Waals surface area contributed by atoms with Crippen LogP contribution in [-0.4, -0.2) is 6.54 Å². The minimum Gasteiger partial charge on any atom is -0.327 e. The maximum Gasteiger partial charge on any atom is 0.0134 e. The second kappa shape index (κ2) is 4.60. The van der Waals surface area contributed by atoms with Crippen molar-refractivity contribution in [1.82, 2.24) is 0 Å². The van der Waals surface area contributed by atoms with Crippen molar-refractivity contribution < 1.29 is 0 Å². The van der Waals surface area contributed by atoms with Crippen LogP contribution in [0.2, 0.25) is 0 Å². The lowest BCUT2D eigenvalue weighted by molar-refractivity contribution is 1.11. The average molecular weight is 111 g/mol. The zero-order valence-electron chi connectivity index (χ0n) is 5.35. The number of rotatable bonds is 3. The summed E-state index contributed by atoms with van der Waals surface area (Å²) in [5.41, 5.74) is 6.54. The van der Waals surface area contributed by atoms with Gasteiger partial charge in [0.25, 0.3) is 0 Å². The molecule has 0 aromatic heterocycles. The van der Waals surface area contributed by atoms with Gasteiger partial charge in [0.15, 0.2) is 0 Å². The second-order valence-electron chi connectivity index (χ2n) is 1.78. The van der Waals surface area contributed by atoms with Gasteiger partial charge in [-0.05, 0) is 13.3 Å². The summed E-state index contributed by atoms with van der Waals surface area (Å²) in [7, 11) is 0. The van der Waals surface area contributed by atoms with Gasteiger partial charge in [0.1, 0.15) is 0 Å². The first-order valence-electron chi connectivity index (χ1n) is 2.78. The van der Waals surface area contributed by atoms with Crippen molar-refractivity contribution >= 4 is 0 Å². The van der Waals surface area contributed by atoms with Crippen molar-refractivity contribution in [2.24, 2.45) is 5.73 Å². The zero-order chi connectivity index (χ0) is 6.41. The Hall–Kier alpha value is -0.560. The SMILES string of the molecule is C=CCC=C(C)CN. The van der Waals surface area contributed by atoms with Crippen LogP contribution in [0.5, 0.6) is 0 Å². The van der Waals surface area contributed by atoms with Gasteiger partial charge < -0.3 is 5.73 Å². The Morgan fingerprint density at radius 3 is 2.75 bits per heavy atom. The summed E-state index contributed by atoms with van der Waals surface area (Å²) in [4.78, 5) is 0. The van der Waals surface area contributed by atoms with E-state index in [1.807, 2.05) is 13.0 Å². The third kappa shape index (κ3) is 3.62. The third-order valence-corrected chi connectivity index (χ3v) is 0.955. The highest BCUT2D eigenvalue weighted by Gasteiger charge is 1.78. The lowest BCUT2D eigenvalue weighted by Crippen LogP contribution is -1.98. The standard InChI is InChI=1S/C7H13N/c1-3-4-5-7(2)6-8/h3,5H,1,4,6,8H2,2H3. The Kier molecular flexibility index (Phi) is 4.27. The molecule has 0 atom stereocenters. The fourth-order valence-electron chi connectivity index (χ4n) is 0.368. The Bertz CT molecular complexity index is 92.6. The Morgan fingerprint density at radius 2 is 2.38 bits per heavy atom. The molecular weight excluding hydrogens is 98.1 g/mol. The van der Waals surface area contributed by atoms with Gasteiger partial charge in [0.2, 0.25) is 0 Å². The van der Waals surface area contributed by atoms with E-state index in [-0.39, 0.29) is 0 Å². The molecular formula is C7H13N. The quantitative estimate of drug-likeness (QED) is 0.548. The molecule has 0 spiro atoms. The molecule has 0 saturated carbocycles. The highest BCUT2D eigenvalue weighted by atomic mass is 14.5. The Balaban J connectivity index is 3.40. The third-order valence-electron chi connectivity index (χ3n) is 0.955. The monoisotopic (exact) mass is 111 g/mol. The zero-order valence-corrected chi connectivity index (χ0v) is 5.35. The van der Waals surface area contributed by atoms with Gasteiger partial charge in [-0.25, -0.2) is 0 Å². The Labute approximate surface area is 50.9 Å². The molecule has 0 aliphatic rings. The summed E-state index contributed by atoms with van der Waals surface area (Å²) >= 11 is 0. The maximum atomic E-state index is 5.31. The Morgan fingerprint density at radius 1 is 1.75 bits per heavy atom. The topological polar surface area (TPSA) is 26.0 Å². The van der Waals surface area contributed by atoms with E-state index in [0.29, 0.717) is 6.54 Å². The largest absolute Gasteiger partial charge is 0.327 e. The molecule has 2 N–H and O–H groups in total. The fraction of sp³-hybridized carbons (Fsp3) is 0.429. The van der Waals surface area contributed by atoms with Gasteiger partial charge in [0, 0.05) is 6.54 Å². The molecule has 0 aromatic carbocycles. The van der Waals surface area contributed by atoms with Gasteiger partial charge in [-0.1, -0.05) is 17.7 Å². The van der Waals surface area contributed by atoms with Crippen molar-refractivity contribution in [3.8, 4) is 0 Å². The van der Waals surface area contributed by atoms with Gasteiger partial charge in [-0.2, -0.15) is 0 Å². The van der Waals surface area contributed by atoms with E-state index < -0.39 is 0 Å². The number of hydrogen-bond donors (Lipinski definition) is 1. The first-order valence-corrected chi connectivity index (χ1v) is 2.78.